The van der Waals surface area contributed by atoms with Gasteiger partial charge in [0.15, 0.2) is 0 Å². The molecule has 202 valence electrons. The summed E-state index contributed by atoms with van der Waals surface area (Å²) in [6, 6.07) is -2.40. The standard InChI is InChI=1S/C20H30N4O12/c1-11(25)23(17(7-33-13(3)27)8-34-14(4)28)21-19(31)20(32)22-24(12(2)26)18(9-35-15(5)29)10-36-16(6)30/h17-18H,7-10H2,1-6H3,(H,21,31)(H,22,32). The maximum atomic E-state index is 12.5. The minimum Gasteiger partial charge on any atom is -0.463 e. The van der Waals surface area contributed by atoms with Gasteiger partial charge in [0.1, 0.15) is 38.5 Å². The van der Waals surface area contributed by atoms with Gasteiger partial charge in [0.25, 0.3) is 0 Å². The van der Waals surface area contributed by atoms with E-state index < -0.39 is 86.0 Å². The van der Waals surface area contributed by atoms with Crippen LogP contribution < -0.4 is 10.9 Å². The fraction of sp³-hybridized carbons (Fsp3) is 0.600. The van der Waals surface area contributed by atoms with Gasteiger partial charge in [0, 0.05) is 41.5 Å². The lowest BCUT2D eigenvalue weighted by Crippen LogP contribution is -2.61. The van der Waals surface area contributed by atoms with Crippen LogP contribution in [-0.2, 0) is 57.3 Å². The average molecular weight is 518 g/mol. The summed E-state index contributed by atoms with van der Waals surface area (Å²) in [7, 11) is 0. The fourth-order valence-corrected chi connectivity index (χ4v) is 2.42. The maximum Gasteiger partial charge on any atom is 0.329 e. The second-order valence-electron chi connectivity index (χ2n) is 7.18. The van der Waals surface area contributed by atoms with Crippen LogP contribution in [0.25, 0.3) is 0 Å². The Bertz CT molecular complexity index is 769. The summed E-state index contributed by atoms with van der Waals surface area (Å²) in [5.74, 6) is -7.40. The Kier molecular flexibility index (Phi) is 13.8. The van der Waals surface area contributed by atoms with Crippen molar-refractivity contribution in [1.82, 2.24) is 20.9 Å². The van der Waals surface area contributed by atoms with Gasteiger partial charge in [-0.25, -0.2) is 10.0 Å². The van der Waals surface area contributed by atoms with E-state index >= 15 is 0 Å². The second-order valence-corrected chi connectivity index (χ2v) is 7.18. The summed E-state index contributed by atoms with van der Waals surface area (Å²) in [5.41, 5.74) is 3.98. The molecule has 4 amide bonds. The molecule has 0 aliphatic carbocycles. The van der Waals surface area contributed by atoms with E-state index in [1.54, 1.807) is 0 Å². The van der Waals surface area contributed by atoms with Crippen molar-refractivity contribution < 1.29 is 57.3 Å². The van der Waals surface area contributed by atoms with Crippen LogP contribution in [0.4, 0.5) is 0 Å². The maximum absolute atomic E-state index is 12.5. The minimum absolute atomic E-state index is 0.490. The predicted octanol–water partition coefficient (Wildman–Crippen LogP) is -2.26. The number of carbonyl (C=O) groups is 8. The highest BCUT2D eigenvalue weighted by molar-refractivity contribution is 6.35. The molecule has 16 nitrogen and oxygen atoms in total. The third-order valence-corrected chi connectivity index (χ3v) is 3.97. The van der Waals surface area contributed by atoms with Crippen LogP contribution in [0, 0.1) is 0 Å². The Balaban J connectivity index is 5.65. The van der Waals surface area contributed by atoms with E-state index in [2.05, 4.69) is 0 Å². The molecule has 0 heterocycles. The molecule has 0 saturated carbocycles. The Morgan fingerprint density at radius 2 is 0.722 bits per heavy atom. The van der Waals surface area contributed by atoms with Gasteiger partial charge in [0.2, 0.25) is 11.8 Å². The Hall–Kier alpha value is -4.24. The molecule has 0 aliphatic heterocycles. The van der Waals surface area contributed by atoms with Gasteiger partial charge in [-0.3, -0.25) is 49.2 Å². The number of hydrogen-bond donors (Lipinski definition) is 2. The largest absolute Gasteiger partial charge is 0.463 e. The second kappa shape index (κ2) is 15.6. The van der Waals surface area contributed by atoms with Crippen LogP contribution in [-0.4, -0.2) is 96.0 Å². The summed E-state index contributed by atoms with van der Waals surface area (Å²) < 4.78 is 19.3. The molecular formula is C20H30N4O12. The van der Waals surface area contributed by atoms with Crippen LogP contribution >= 0.6 is 0 Å². The zero-order valence-corrected chi connectivity index (χ0v) is 20.8. The molecule has 0 fully saturated rings. The zero-order chi connectivity index (χ0) is 28.0. The molecule has 0 radical (unpaired) electrons. The monoisotopic (exact) mass is 518 g/mol. The number of nitrogens with zero attached hydrogens (tertiary/aromatic N) is 2. The van der Waals surface area contributed by atoms with Crippen LogP contribution in [0.2, 0.25) is 0 Å². The van der Waals surface area contributed by atoms with E-state index in [4.69, 9.17) is 18.9 Å². The van der Waals surface area contributed by atoms with E-state index in [1.165, 1.54) is 0 Å². The van der Waals surface area contributed by atoms with Gasteiger partial charge in [-0.05, 0) is 0 Å². The number of esters is 4. The summed E-state index contributed by atoms with van der Waals surface area (Å²) in [6.45, 7) is 4.43. The van der Waals surface area contributed by atoms with Crippen molar-refractivity contribution >= 4 is 47.5 Å². The van der Waals surface area contributed by atoms with Crippen LogP contribution in [0.3, 0.4) is 0 Å². The van der Waals surface area contributed by atoms with Gasteiger partial charge in [-0.2, -0.15) is 0 Å². The number of hydrazine groups is 2. The quantitative estimate of drug-likeness (QED) is 0.136. The highest BCUT2D eigenvalue weighted by atomic mass is 16.6. The summed E-state index contributed by atoms with van der Waals surface area (Å²) in [4.78, 5) is 93.9. The molecule has 36 heavy (non-hydrogen) atoms. The van der Waals surface area contributed by atoms with Crippen molar-refractivity contribution in [3.05, 3.63) is 0 Å². The fourth-order valence-electron chi connectivity index (χ4n) is 2.42. The van der Waals surface area contributed by atoms with Crippen molar-refractivity contribution in [2.75, 3.05) is 26.4 Å². The first kappa shape index (κ1) is 31.8. The minimum atomic E-state index is -1.44. The molecule has 16 heteroatoms. The van der Waals surface area contributed by atoms with E-state index in [0.717, 1.165) is 41.5 Å². The number of nitrogens with one attached hydrogen (secondary N) is 2. The van der Waals surface area contributed by atoms with Gasteiger partial charge in [-0.15, -0.1) is 0 Å². The molecule has 0 unspecified atom stereocenters. The third kappa shape index (κ3) is 12.9. The van der Waals surface area contributed by atoms with Crippen LogP contribution in [0.15, 0.2) is 0 Å². The number of carbonyl (C=O) groups excluding carboxylic acids is 8. The third-order valence-electron chi connectivity index (χ3n) is 3.97. The molecule has 0 aromatic rings. The molecule has 0 bridgehead atoms. The lowest BCUT2D eigenvalue weighted by molar-refractivity contribution is -0.161. The SMILES string of the molecule is CC(=O)OCC(COC(C)=O)N(NC(=O)C(=O)NN(C(C)=O)C(COC(C)=O)COC(C)=O)C(C)=O. The van der Waals surface area contributed by atoms with E-state index in [9.17, 15) is 38.4 Å². The van der Waals surface area contributed by atoms with Gasteiger partial charge in [0.05, 0.1) is 0 Å². The predicted molar refractivity (Wildman–Crippen MR) is 115 cm³/mol. The topological polar surface area (TPSA) is 204 Å². The first-order chi connectivity index (χ1) is 16.6. The lowest BCUT2D eigenvalue weighted by atomic mass is 10.3. The Morgan fingerprint density at radius 1 is 0.500 bits per heavy atom. The number of amides is 4. The summed E-state index contributed by atoms with van der Waals surface area (Å²) in [5, 5.41) is 1.22. The van der Waals surface area contributed by atoms with Gasteiger partial charge < -0.3 is 18.9 Å². The van der Waals surface area contributed by atoms with Crippen molar-refractivity contribution in [2.24, 2.45) is 0 Å². The van der Waals surface area contributed by atoms with Crippen LogP contribution in [0.5, 0.6) is 0 Å². The van der Waals surface area contributed by atoms with Crippen molar-refractivity contribution in [1.29, 1.82) is 0 Å². The number of hydrogen-bond acceptors (Lipinski definition) is 12. The number of ether oxygens (including phenoxy) is 4. The molecule has 0 aromatic heterocycles. The lowest BCUT2D eigenvalue weighted by Gasteiger charge is -2.32. The molecule has 2 N–H and O–H groups in total. The van der Waals surface area contributed by atoms with Crippen molar-refractivity contribution in [2.45, 2.75) is 53.6 Å². The summed E-state index contributed by atoms with van der Waals surface area (Å²) >= 11 is 0. The molecule has 0 aromatic carbocycles. The molecule has 0 rings (SSSR count). The first-order valence-electron chi connectivity index (χ1n) is 10.4. The van der Waals surface area contributed by atoms with Crippen LogP contribution in [0.1, 0.15) is 41.5 Å². The van der Waals surface area contributed by atoms with Crippen molar-refractivity contribution in [3.8, 4) is 0 Å². The molecule has 0 spiro atoms. The normalized spacial score (nSPS) is 10.1. The highest BCUT2D eigenvalue weighted by Crippen LogP contribution is 2.04. The summed E-state index contributed by atoms with van der Waals surface area (Å²) in [6.07, 6.45) is 0. The molecule has 0 atom stereocenters. The first-order valence-corrected chi connectivity index (χ1v) is 10.4. The van der Waals surface area contributed by atoms with Gasteiger partial charge >= 0.3 is 35.7 Å². The van der Waals surface area contributed by atoms with E-state index in [0.29, 0.717) is 10.0 Å². The van der Waals surface area contributed by atoms with E-state index in [1.807, 2.05) is 10.9 Å². The smallest absolute Gasteiger partial charge is 0.329 e. The Morgan fingerprint density at radius 3 is 0.889 bits per heavy atom. The van der Waals surface area contributed by atoms with E-state index in [-0.39, 0.29) is 0 Å². The average Bonchev–Trinajstić information content (AvgIpc) is 2.75. The van der Waals surface area contributed by atoms with Crippen molar-refractivity contribution in [3.63, 3.8) is 0 Å². The number of rotatable bonds is 10. The highest BCUT2D eigenvalue weighted by Gasteiger charge is 2.31. The zero-order valence-electron chi connectivity index (χ0n) is 20.8. The van der Waals surface area contributed by atoms with Gasteiger partial charge in [-0.1, -0.05) is 0 Å². The molecular weight excluding hydrogens is 488 g/mol. The Labute approximate surface area is 206 Å². The molecule has 0 saturated heterocycles. The molecule has 0 aliphatic rings.